The number of hydrogen-bond donors (Lipinski definition) is 3. The molecule has 0 aliphatic rings. The molecule has 0 spiro atoms. The van der Waals surface area contributed by atoms with E-state index >= 15 is 0 Å². The standard InChI is InChI=1S/C24H18F3N5O2S/c25-16-8-6-15(7-9-16)22-31-32-24(35-22)30-21(33)20(12-14-4-2-1-3-5-14)29-23(34)28-19-11-10-17(26)13-18(19)27/h1-11,13,20H,12H2,(H2,28,29,34)(H,30,32,33). The lowest BCUT2D eigenvalue weighted by molar-refractivity contribution is -0.117. The average molecular weight is 498 g/mol. The van der Waals surface area contributed by atoms with E-state index in [2.05, 4.69) is 26.1 Å². The molecule has 1 heterocycles. The molecular weight excluding hydrogens is 479 g/mol. The molecule has 11 heteroatoms. The first-order valence-electron chi connectivity index (χ1n) is 10.3. The summed E-state index contributed by atoms with van der Waals surface area (Å²) in [5, 5.41) is 16.0. The second-order valence-corrected chi connectivity index (χ2v) is 8.35. The van der Waals surface area contributed by atoms with Crippen LogP contribution in [0.5, 0.6) is 0 Å². The molecule has 0 bridgehead atoms. The fraction of sp³-hybridized carbons (Fsp3) is 0.0833. The van der Waals surface area contributed by atoms with Crippen molar-refractivity contribution in [2.24, 2.45) is 0 Å². The van der Waals surface area contributed by atoms with Gasteiger partial charge in [0.2, 0.25) is 11.0 Å². The van der Waals surface area contributed by atoms with Gasteiger partial charge in [0, 0.05) is 18.1 Å². The zero-order chi connectivity index (χ0) is 24.8. The molecule has 1 atom stereocenters. The van der Waals surface area contributed by atoms with Crippen LogP contribution in [0.4, 0.5) is 28.8 Å². The van der Waals surface area contributed by atoms with Gasteiger partial charge >= 0.3 is 6.03 Å². The third-order valence-corrected chi connectivity index (χ3v) is 5.72. The van der Waals surface area contributed by atoms with Gasteiger partial charge in [-0.15, -0.1) is 10.2 Å². The van der Waals surface area contributed by atoms with Gasteiger partial charge in [0.15, 0.2) is 0 Å². The Hall–Kier alpha value is -4.25. The molecule has 1 unspecified atom stereocenters. The van der Waals surface area contributed by atoms with Crippen molar-refractivity contribution < 1.29 is 22.8 Å². The van der Waals surface area contributed by atoms with Gasteiger partial charge in [-0.05, 0) is 42.0 Å². The van der Waals surface area contributed by atoms with Gasteiger partial charge in [0.1, 0.15) is 28.5 Å². The Labute approximate surface area is 202 Å². The predicted octanol–water partition coefficient (Wildman–Crippen LogP) is 4.99. The molecule has 3 N–H and O–H groups in total. The molecule has 4 rings (SSSR count). The summed E-state index contributed by atoms with van der Waals surface area (Å²) in [5.41, 5.74) is 1.16. The van der Waals surface area contributed by atoms with Crippen molar-refractivity contribution >= 4 is 34.1 Å². The minimum Gasteiger partial charge on any atom is -0.326 e. The Bertz CT molecular complexity index is 1330. The lowest BCUT2D eigenvalue weighted by atomic mass is 10.1. The zero-order valence-corrected chi connectivity index (χ0v) is 18.8. The summed E-state index contributed by atoms with van der Waals surface area (Å²) in [5.74, 6) is -2.70. The SMILES string of the molecule is O=C(Nc1ccc(F)cc1F)NC(Cc1ccccc1)C(=O)Nc1nnc(-c2ccc(F)cc2)s1. The zero-order valence-electron chi connectivity index (χ0n) is 18.0. The number of nitrogens with one attached hydrogen (secondary N) is 3. The maximum absolute atomic E-state index is 13.9. The minimum absolute atomic E-state index is 0.135. The lowest BCUT2D eigenvalue weighted by Gasteiger charge is -2.18. The first-order chi connectivity index (χ1) is 16.9. The summed E-state index contributed by atoms with van der Waals surface area (Å²) in [6.45, 7) is 0. The van der Waals surface area contributed by atoms with Crippen molar-refractivity contribution in [3.63, 3.8) is 0 Å². The Morgan fingerprint density at radius 3 is 2.29 bits per heavy atom. The molecule has 7 nitrogen and oxygen atoms in total. The van der Waals surface area contributed by atoms with Crippen molar-refractivity contribution in [3.05, 3.63) is 95.8 Å². The normalized spacial score (nSPS) is 11.5. The number of nitrogens with zero attached hydrogens (tertiary/aromatic N) is 2. The second kappa shape index (κ2) is 10.8. The number of aromatic nitrogens is 2. The highest BCUT2D eigenvalue weighted by Crippen LogP contribution is 2.26. The van der Waals surface area contributed by atoms with E-state index in [1.54, 1.807) is 36.4 Å². The molecule has 4 aromatic rings. The Kier molecular flexibility index (Phi) is 7.36. The van der Waals surface area contributed by atoms with Gasteiger partial charge in [-0.2, -0.15) is 0 Å². The molecule has 3 aromatic carbocycles. The largest absolute Gasteiger partial charge is 0.326 e. The summed E-state index contributed by atoms with van der Waals surface area (Å²) in [4.78, 5) is 25.5. The molecule has 0 aliphatic heterocycles. The Morgan fingerprint density at radius 1 is 0.857 bits per heavy atom. The summed E-state index contributed by atoms with van der Waals surface area (Å²) in [6, 6.07) is 15.4. The quantitative estimate of drug-likeness (QED) is 0.335. The van der Waals surface area contributed by atoms with Gasteiger partial charge in [-0.25, -0.2) is 18.0 Å². The van der Waals surface area contributed by atoms with Crippen LogP contribution in [0.3, 0.4) is 0 Å². The van der Waals surface area contributed by atoms with Crippen molar-refractivity contribution in [2.45, 2.75) is 12.5 Å². The van der Waals surface area contributed by atoms with Gasteiger partial charge in [-0.1, -0.05) is 41.7 Å². The van der Waals surface area contributed by atoms with E-state index < -0.39 is 29.6 Å². The molecule has 0 aliphatic carbocycles. The van der Waals surface area contributed by atoms with Crippen molar-refractivity contribution in [1.29, 1.82) is 0 Å². The number of urea groups is 1. The van der Waals surface area contributed by atoms with Crippen molar-refractivity contribution in [1.82, 2.24) is 15.5 Å². The van der Waals surface area contributed by atoms with Crippen molar-refractivity contribution in [2.75, 3.05) is 10.6 Å². The maximum atomic E-state index is 13.9. The molecule has 3 amide bonds. The number of carbonyl (C=O) groups is 2. The number of carbonyl (C=O) groups excluding carboxylic acids is 2. The van der Waals surface area contributed by atoms with Crippen LogP contribution in [0, 0.1) is 17.5 Å². The Balaban J connectivity index is 1.48. The predicted molar refractivity (Wildman–Crippen MR) is 126 cm³/mol. The van der Waals surface area contributed by atoms with Gasteiger partial charge in [0.05, 0.1) is 5.69 Å². The van der Waals surface area contributed by atoms with Crippen LogP contribution in [0.2, 0.25) is 0 Å². The molecule has 178 valence electrons. The van der Waals surface area contributed by atoms with E-state index in [9.17, 15) is 22.8 Å². The molecule has 0 saturated heterocycles. The molecule has 0 radical (unpaired) electrons. The number of rotatable bonds is 7. The first-order valence-corrected chi connectivity index (χ1v) is 11.2. The van der Waals surface area contributed by atoms with E-state index in [1.165, 1.54) is 12.1 Å². The van der Waals surface area contributed by atoms with Crippen LogP contribution in [-0.4, -0.2) is 28.2 Å². The average Bonchev–Trinajstić information content (AvgIpc) is 3.30. The fourth-order valence-corrected chi connectivity index (χ4v) is 3.89. The van der Waals surface area contributed by atoms with E-state index in [0.717, 1.165) is 29.0 Å². The van der Waals surface area contributed by atoms with Gasteiger partial charge < -0.3 is 10.6 Å². The molecule has 35 heavy (non-hydrogen) atoms. The molecule has 1 aromatic heterocycles. The smallest absolute Gasteiger partial charge is 0.319 e. The lowest BCUT2D eigenvalue weighted by Crippen LogP contribution is -2.47. The highest BCUT2D eigenvalue weighted by molar-refractivity contribution is 7.18. The Morgan fingerprint density at radius 2 is 1.57 bits per heavy atom. The number of amides is 3. The van der Waals surface area contributed by atoms with E-state index in [1.807, 2.05) is 6.07 Å². The highest BCUT2D eigenvalue weighted by Gasteiger charge is 2.23. The topological polar surface area (TPSA) is 96.0 Å². The number of benzene rings is 3. The van der Waals surface area contributed by atoms with Crippen LogP contribution >= 0.6 is 11.3 Å². The second-order valence-electron chi connectivity index (χ2n) is 7.37. The number of anilines is 2. The van der Waals surface area contributed by atoms with Crippen molar-refractivity contribution in [3.8, 4) is 10.6 Å². The van der Waals surface area contributed by atoms with Gasteiger partial charge in [0.25, 0.3) is 0 Å². The van der Waals surface area contributed by atoms with E-state index in [-0.39, 0.29) is 23.1 Å². The summed E-state index contributed by atoms with van der Waals surface area (Å²) < 4.78 is 40.2. The van der Waals surface area contributed by atoms with E-state index in [4.69, 9.17) is 0 Å². The third-order valence-electron chi connectivity index (χ3n) is 4.83. The number of halogens is 3. The monoisotopic (exact) mass is 497 g/mol. The minimum atomic E-state index is -1.06. The maximum Gasteiger partial charge on any atom is 0.319 e. The molecule has 0 saturated carbocycles. The van der Waals surface area contributed by atoms with Crippen LogP contribution < -0.4 is 16.0 Å². The molecule has 0 fully saturated rings. The number of hydrogen-bond acceptors (Lipinski definition) is 5. The first kappa shape index (κ1) is 23.9. The fourth-order valence-electron chi connectivity index (χ4n) is 3.14. The summed E-state index contributed by atoms with van der Waals surface area (Å²) in [6.07, 6.45) is 0.135. The highest BCUT2D eigenvalue weighted by atomic mass is 32.1. The summed E-state index contributed by atoms with van der Waals surface area (Å²) >= 11 is 1.08. The van der Waals surface area contributed by atoms with Crippen LogP contribution in [0.15, 0.2) is 72.8 Å². The van der Waals surface area contributed by atoms with Crippen LogP contribution in [0.25, 0.3) is 10.6 Å². The van der Waals surface area contributed by atoms with E-state index in [0.29, 0.717) is 16.6 Å². The van der Waals surface area contributed by atoms with Crippen LogP contribution in [0.1, 0.15) is 5.56 Å². The summed E-state index contributed by atoms with van der Waals surface area (Å²) in [7, 11) is 0. The van der Waals surface area contributed by atoms with Crippen LogP contribution in [-0.2, 0) is 11.2 Å². The third kappa shape index (κ3) is 6.42. The molecular formula is C24H18F3N5O2S. The van der Waals surface area contributed by atoms with Gasteiger partial charge in [-0.3, -0.25) is 10.1 Å².